The van der Waals surface area contributed by atoms with Crippen LogP contribution in [0.1, 0.15) is 56.9 Å². The summed E-state index contributed by atoms with van der Waals surface area (Å²) in [6.45, 7) is 0. The summed E-state index contributed by atoms with van der Waals surface area (Å²) in [6.07, 6.45) is 15.7. The predicted molar refractivity (Wildman–Crippen MR) is 92.7 cm³/mol. The number of aliphatic imine (C=N–C) groups is 1. The van der Waals surface area contributed by atoms with Gasteiger partial charge in [0.15, 0.2) is 0 Å². The van der Waals surface area contributed by atoms with Crippen molar-refractivity contribution in [1.29, 1.82) is 0 Å². The van der Waals surface area contributed by atoms with Gasteiger partial charge in [-0.3, -0.25) is 9.78 Å². The van der Waals surface area contributed by atoms with E-state index in [1.54, 1.807) is 24.2 Å². The van der Waals surface area contributed by atoms with Gasteiger partial charge in [0, 0.05) is 18.3 Å². The molecule has 2 aliphatic rings. The maximum absolute atomic E-state index is 12.2. The van der Waals surface area contributed by atoms with Crippen molar-refractivity contribution in [2.24, 2.45) is 10.9 Å². The third-order valence-electron chi connectivity index (χ3n) is 4.32. The van der Waals surface area contributed by atoms with E-state index in [1.807, 2.05) is 18.2 Å². The average Bonchev–Trinajstić information content (AvgIpc) is 2.95. The third-order valence-corrected chi connectivity index (χ3v) is 5.47. The molecule has 1 aromatic heterocycles. The van der Waals surface area contributed by atoms with Gasteiger partial charge >= 0.3 is 0 Å². The zero-order valence-electron chi connectivity index (χ0n) is 12.8. The van der Waals surface area contributed by atoms with E-state index in [1.165, 1.54) is 51.4 Å². The minimum absolute atomic E-state index is 0.0799. The van der Waals surface area contributed by atoms with Crippen molar-refractivity contribution < 1.29 is 4.79 Å². The van der Waals surface area contributed by atoms with E-state index >= 15 is 0 Å². The molecule has 0 N–H and O–H groups in total. The zero-order valence-corrected chi connectivity index (χ0v) is 13.6. The van der Waals surface area contributed by atoms with E-state index in [0.29, 0.717) is 5.92 Å². The van der Waals surface area contributed by atoms with Crippen LogP contribution in [0, 0.1) is 5.92 Å². The molecule has 0 unspecified atom stereocenters. The Labute approximate surface area is 136 Å². The Morgan fingerprint density at radius 2 is 1.82 bits per heavy atom. The molecule has 0 radical (unpaired) electrons. The van der Waals surface area contributed by atoms with Crippen LogP contribution >= 0.6 is 11.8 Å². The van der Waals surface area contributed by atoms with Crippen molar-refractivity contribution in [2.45, 2.75) is 51.4 Å². The first kappa shape index (κ1) is 15.5. The SMILES string of the molecule is O=C1N=C(C2CCCCCCCC2)S/C1=C\c1cccnc1. The molecule has 2 heterocycles. The van der Waals surface area contributed by atoms with E-state index in [-0.39, 0.29) is 5.91 Å². The van der Waals surface area contributed by atoms with Gasteiger partial charge in [-0.15, -0.1) is 0 Å². The Hall–Kier alpha value is -1.42. The summed E-state index contributed by atoms with van der Waals surface area (Å²) < 4.78 is 0. The summed E-state index contributed by atoms with van der Waals surface area (Å²) in [5, 5.41) is 1.04. The minimum Gasteiger partial charge on any atom is -0.266 e. The lowest BCUT2D eigenvalue weighted by Crippen LogP contribution is -2.09. The molecule has 1 saturated carbocycles. The molecule has 0 atom stereocenters. The number of carbonyl (C=O) groups excluding carboxylic acids is 1. The Morgan fingerprint density at radius 1 is 1.09 bits per heavy atom. The standard InChI is InChI=1S/C18H22N2OS/c21-17-16(12-14-8-7-11-19-13-14)22-18(20-17)15-9-5-3-1-2-4-6-10-15/h7-8,11-13,15H,1-6,9-10H2/b16-12-. The number of rotatable bonds is 2. The molecule has 1 aromatic rings. The summed E-state index contributed by atoms with van der Waals surface area (Å²) in [6, 6.07) is 3.85. The fraction of sp³-hybridized carbons (Fsp3) is 0.500. The van der Waals surface area contributed by atoms with Crippen molar-refractivity contribution in [1.82, 2.24) is 4.98 Å². The first-order chi connectivity index (χ1) is 10.8. The highest BCUT2D eigenvalue weighted by Gasteiger charge is 2.27. The van der Waals surface area contributed by atoms with Crippen LogP contribution < -0.4 is 0 Å². The lowest BCUT2D eigenvalue weighted by atomic mass is 9.98. The largest absolute Gasteiger partial charge is 0.284 e. The molecule has 1 aliphatic heterocycles. The molecular weight excluding hydrogens is 292 g/mol. The number of hydrogen-bond acceptors (Lipinski definition) is 3. The Balaban J connectivity index is 1.69. The first-order valence-electron chi connectivity index (χ1n) is 8.25. The van der Waals surface area contributed by atoms with Gasteiger partial charge in [0.1, 0.15) is 0 Å². The highest BCUT2D eigenvalue weighted by Crippen LogP contribution is 2.36. The maximum atomic E-state index is 12.2. The van der Waals surface area contributed by atoms with Crippen molar-refractivity contribution in [3.05, 3.63) is 35.0 Å². The molecule has 0 spiro atoms. The summed E-state index contributed by atoms with van der Waals surface area (Å²) in [5.74, 6) is 0.399. The summed E-state index contributed by atoms with van der Waals surface area (Å²) in [7, 11) is 0. The predicted octanol–water partition coefficient (Wildman–Crippen LogP) is 4.85. The van der Waals surface area contributed by atoms with Crippen molar-refractivity contribution >= 4 is 28.8 Å². The van der Waals surface area contributed by atoms with Gasteiger partial charge < -0.3 is 0 Å². The molecule has 1 aliphatic carbocycles. The van der Waals surface area contributed by atoms with Crippen molar-refractivity contribution in [3.8, 4) is 0 Å². The van der Waals surface area contributed by atoms with Crippen molar-refractivity contribution in [2.75, 3.05) is 0 Å². The molecule has 3 nitrogen and oxygen atoms in total. The van der Waals surface area contributed by atoms with Crippen LogP contribution in [0.25, 0.3) is 6.08 Å². The van der Waals surface area contributed by atoms with Gasteiger partial charge in [0.25, 0.3) is 5.91 Å². The lowest BCUT2D eigenvalue weighted by molar-refractivity contribution is -0.113. The monoisotopic (exact) mass is 314 g/mol. The summed E-state index contributed by atoms with van der Waals surface area (Å²) in [5.41, 5.74) is 0.962. The normalized spacial score (nSPS) is 23.0. The molecule has 1 fully saturated rings. The fourth-order valence-electron chi connectivity index (χ4n) is 3.09. The zero-order chi connectivity index (χ0) is 15.2. The number of carbonyl (C=O) groups is 1. The topological polar surface area (TPSA) is 42.3 Å². The maximum Gasteiger partial charge on any atom is 0.284 e. The number of hydrogen-bond donors (Lipinski definition) is 0. The second-order valence-electron chi connectivity index (χ2n) is 6.05. The molecule has 116 valence electrons. The number of nitrogens with zero attached hydrogens (tertiary/aromatic N) is 2. The van der Waals surface area contributed by atoms with E-state index in [0.717, 1.165) is 15.5 Å². The summed E-state index contributed by atoms with van der Waals surface area (Å²) in [4.78, 5) is 21.3. The quantitative estimate of drug-likeness (QED) is 0.733. The van der Waals surface area contributed by atoms with E-state index in [2.05, 4.69) is 9.98 Å². The third kappa shape index (κ3) is 4.07. The van der Waals surface area contributed by atoms with Gasteiger partial charge in [-0.25, -0.2) is 4.99 Å². The van der Waals surface area contributed by atoms with Crippen LogP contribution in [-0.4, -0.2) is 15.9 Å². The van der Waals surface area contributed by atoms with Gasteiger partial charge in [0.05, 0.1) is 9.95 Å². The van der Waals surface area contributed by atoms with E-state index < -0.39 is 0 Å². The second kappa shape index (κ2) is 7.73. The smallest absolute Gasteiger partial charge is 0.266 e. The van der Waals surface area contributed by atoms with Crippen LogP contribution in [0.4, 0.5) is 0 Å². The first-order valence-corrected chi connectivity index (χ1v) is 9.07. The summed E-state index contributed by atoms with van der Waals surface area (Å²) >= 11 is 1.58. The number of amides is 1. The second-order valence-corrected chi connectivity index (χ2v) is 7.11. The fourth-order valence-corrected chi connectivity index (χ4v) is 4.18. The van der Waals surface area contributed by atoms with Gasteiger partial charge in [-0.05, 0) is 30.5 Å². The highest BCUT2D eigenvalue weighted by molar-refractivity contribution is 8.18. The van der Waals surface area contributed by atoms with E-state index in [4.69, 9.17) is 0 Å². The van der Waals surface area contributed by atoms with Crippen LogP contribution in [0.3, 0.4) is 0 Å². The molecular formula is C18H22N2OS. The average molecular weight is 314 g/mol. The lowest BCUT2D eigenvalue weighted by Gasteiger charge is -2.14. The minimum atomic E-state index is -0.0799. The van der Waals surface area contributed by atoms with Crippen LogP contribution in [-0.2, 0) is 4.79 Å². The van der Waals surface area contributed by atoms with Crippen LogP contribution in [0.2, 0.25) is 0 Å². The molecule has 0 aromatic carbocycles. The van der Waals surface area contributed by atoms with Gasteiger partial charge in [-0.2, -0.15) is 0 Å². The van der Waals surface area contributed by atoms with Crippen molar-refractivity contribution in [3.63, 3.8) is 0 Å². The molecule has 1 amide bonds. The molecule has 4 heteroatoms. The van der Waals surface area contributed by atoms with E-state index in [9.17, 15) is 4.79 Å². The molecule has 0 saturated heterocycles. The number of pyridine rings is 1. The Morgan fingerprint density at radius 3 is 2.50 bits per heavy atom. The number of aromatic nitrogens is 1. The van der Waals surface area contributed by atoms with Crippen LogP contribution in [0.15, 0.2) is 34.4 Å². The molecule has 22 heavy (non-hydrogen) atoms. The van der Waals surface area contributed by atoms with Gasteiger partial charge in [0.2, 0.25) is 0 Å². The Kier molecular flexibility index (Phi) is 5.43. The molecule has 0 bridgehead atoms. The van der Waals surface area contributed by atoms with Gasteiger partial charge in [-0.1, -0.05) is 56.4 Å². The van der Waals surface area contributed by atoms with Crippen LogP contribution in [0.5, 0.6) is 0 Å². The number of thioether (sulfide) groups is 1. The Bertz CT molecular complexity index is 570. The molecule has 3 rings (SSSR count). The highest BCUT2D eigenvalue weighted by atomic mass is 32.2.